The number of nitrogens with zero attached hydrogens (tertiary/aromatic N) is 2. The molecule has 0 aliphatic rings. The number of hydrogen-bond acceptors (Lipinski definition) is 6. The Morgan fingerprint density at radius 1 is 1.25 bits per heavy atom. The number of carbonyl (C=O) groups is 1. The fourth-order valence-electron chi connectivity index (χ4n) is 2.12. The Morgan fingerprint density at radius 2 is 2.00 bits per heavy atom. The van der Waals surface area contributed by atoms with Crippen molar-refractivity contribution in [1.82, 2.24) is 9.97 Å². The predicted octanol–water partition coefficient (Wildman–Crippen LogP) is 3.74. The van der Waals surface area contributed by atoms with Gasteiger partial charge in [-0.3, -0.25) is 4.79 Å². The lowest BCUT2D eigenvalue weighted by Gasteiger charge is -1.95. The molecule has 5 nitrogen and oxygen atoms in total. The van der Waals surface area contributed by atoms with E-state index in [1.54, 1.807) is 18.0 Å². The number of hydrogen-bond donors (Lipinski definition) is 1. The maximum Gasteiger partial charge on any atom is 0.226 e. The second-order valence-electron chi connectivity index (χ2n) is 5.43. The van der Waals surface area contributed by atoms with Crippen molar-refractivity contribution in [2.45, 2.75) is 30.4 Å². The fourth-order valence-corrected chi connectivity index (χ4v) is 4.24. The van der Waals surface area contributed by atoms with Gasteiger partial charge in [0.25, 0.3) is 0 Å². The summed E-state index contributed by atoms with van der Waals surface area (Å²) in [6.07, 6.45) is 1.92. The molecule has 0 atom stereocenters. The number of oxazole rings is 1. The summed E-state index contributed by atoms with van der Waals surface area (Å²) in [5, 5.41) is 0. The van der Waals surface area contributed by atoms with E-state index >= 15 is 0 Å². The summed E-state index contributed by atoms with van der Waals surface area (Å²) in [7, 11) is 0. The van der Waals surface area contributed by atoms with Crippen molar-refractivity contribution >= 4 is 29.0 Å². The first-order valence-corrected chi connectivity index (χ1v) is 9.20. The molecule has 0 spiro atoms. The van der Waals surface area contributed by atoms with E-state index in [-0.39, 0.29) is 12.3 Å². The number of aryl methyl sites for hydroxylation is 2. The highest BCUT2D eigenvalue weighted by Crippen LogP contribution is 2.30. The summed E-state index contributed by atoms with van der Waals surface area (Å²) in [4.78, 5) is 20.9. The number of amides is 1. The minimum absolute atomic E-state index is 0.242. The molecule has 0 saturated carbocycles. The zero-order valence-electron chi connectivity index (χ0n) is 13.4. The molecular weight excluding hydrogens is 342 g/mol. The average molecular weight is 359 g/mol. The topological polar surface area (TPSA) is 82.0 Å². The largest absolute Gasteiger partial charge is 0.444 e. The van der Waals surface area contributed by atoms with Gasteiger partial charge in [0.15, 0.2) is 4.34 Å². The molecule has 124 valence electrons. The van der Waals surface area contributed by atoms with E-state index in [4.69, 9.17) is 10.2 Å². The van der Waals surface area contributed by atoms with Crippen LogP contribution >= 0.6 is 23.1 Å². The van der Waals surface area contributed by atoms with Crippen molar-refractivity contribution in [2.24, 2.45) is 5.73 Å². The molecule has 1 aromatic carbocycles. The molecule has 2 aromatic heterocycles. The molecular formula is C17H17N3O2S2. The SMILES string of the molecule is Cc1ccc(-c2nc(CSc3nc(C)c(CC(N)=O)s3)co2)cc1. The van der Waals surface area contributed by atoms with E-state index in [1.807, 2.05) is 38.1 Å². The lowest BCUT2D eigenvalue weighted by molar-refractivity contribution is -0.117. The predicted molar refractivity (Wildman–Crippen MR) is 96.0 cm³/mol. The quantitative estimate of drug-likeness (QED) is 0.678. The molecule has 3 aromatic rings. The molecule has 1 amide bonds. The van der Waals surface area contributed by atoms with E-state index < -0.39 is 0 Å². The number of aromatic nitrogens is 2. The van der Waals surface area contributed by atoms with Crippen LogP contribution < -0.4 is 5.73 Å². The Morgan fingerprint density at radius 3 is 2.71 bits per heavy atom. The van der Waals surface area contributed by atoms with Crippen LogP contribution in [-0.4, -0.2) is 15.9 Å². The van der Waals surface area contributed by atoms with Gasteiger partial charge in [-0.15, -0.1) is 11.3 Å². The zero-order valence-corrected chi connectivity index (χ0v) is 15.0. The Hall–Kier alpha value is -2.12. The van der Waals surface area contributed by atoms with Crippen molar-refractivity contribution in [3.8, 4) is 11.5 Å². The first kappa shape index (κ1) is 16.7. The van der Waals surface area contributed by atoms with Gasteiger partial charge in [-0.05, 0) is 26.0 Å². The van der Waals surface area contributed by atoms with Crippen LogP contribution in [0.15, 0.2) is 39.3 Å². The normalized spacial score (nSPS) is 10.9. The molecule has 7 heteroatoms. The highest BCUT2D eigenvalue weighted by molar-refractivity contribution is 8.00. The average Bonchev–Trinajstić information content (AvgIpc) is 3.13. The molecule has 24 heavy (non-hydrogen) atoms. The summed E-state index contributed by atoms with van der Waals surface area (Å²) >= 11 is 3.08. The number of primary amides is 1. The van der Waals surface area contributed by atoms with E-state index in [1.165, 1.54) is 16.9 Å². The molecule has 0 aliphatic carbocycles. The third-order valence-corrected chi connectivity index (χ3v) is 5.74. The lowest BCUT2D eigenvalue weighted by Crippen LogP contribution is -2.13. The van der Waals surface area contributed by atoms with Crippen LogP contribution in [0.4, 0.5) is 0 Å². The van der Waals surface area contributed by atoms with Crippen molar-refractivity contribution in [2.75, 3.05) is 0 Å². The zero-order chi connectivity index (χ0) is 17.1. The van der Waals surface area contributed by atoms with Gasteiger partial charge in [0.1, 0.15) is 6.26 Å². The number of rotatable bonds is 6. The molecule has 0 fully saturated rings. The molecule has 0 saturated heterocycles. The molecule has 2 N–H and O–H groups in total. The Bertz CT molecular complexity index is 853. The van der Waals surface area contributed by atoms with Crippen molar-refractivity contribution in [3.05, 3.63) is 52.4 Å². The standard InChI is InChI=1S/C17H17N3O2S2/c1-10-3-5-12(6-4-10)16-20-13(8-22-16)9-23-17-19-11(2)14(24-17)7-15(18)21/h3-6,8H,7,9H2,1-2H3,(H2,18,21). The summed E-state index contributed by atoms with van der Waals surface area (Å²) < 4.78 is 6.46. The highest BCUT2D eigenvalue weighted by atomic mass is 32.2. The van der Waals surface area contributed by atoms with Crippen LogP contribution in [0.1, 0.15) is 21.8 Å². The van der Waals surface area contributed by atoms with Crippen molar-refractivity contribution < 1.29 is 9.21 Å². The lowest BCUT2D eigenvalue weighted by atomic mass is 10.1. The molecule has 0 unspecified atom stereocenters. The fraction of sp³-hybridized carbons (Fsp3) is 0.235. The van der Waals surface area contributed by atoms with E-state index in [2.05, 4.69) is 9.97 Å². The third-order valence-electron chi connectivity index (χ3n) is 3.40. The van der Waals surface area contributed by atoms with E-state index in [9.17, 15) is 4.79 Å². The third kappa shape index (κ3) is 4.04. The molecule has 0 aliphatic heterocycles. The first-order chi connectivity index (χ1) is 11.5. The first-order valence-electron chi connectivity index (χ1n) is 7.40. The number of nitrogens with two attached hydrogens (primary N) is 1. The van der Waals surface area contributed by atoms with Gasteiger partial charge < -0.3 is 10.2 Å². The highest BCUT2D eigenvalue weighted by Gasteiger charge is 2.12. The summed E-state index contributed by atoms with van der Waals surface area (Å²) in [6.45, 7) is 3.94. The van der Waals surface area contributed by atoms with Gasteiger partial charge in [-0.1, -0.05) is 29.5 Å². The maximum absolute atomic E-state index is 11.0. The minimum Gasteiger partial charge on any atom is -0.444 e. The Labute approximate surface area is 148 Å². The van der Waals surface area contributed by atoms with Crippen LogP contribution in [0.3, 0.4) is 0 Å². The van der Waals surface area contributed by atoms with Gasteiger partial charge >= 0.3 is 0 Å². The molecule has 3 rings (SSSR count). The monoisotopic (exact) mass is 359 g/mol. The van der Waals surface area contributed by atoms with Gasteiger partial charge in [0.05, 0.1) is 17.8 Å². The minimum atomic E-state index is -0.336. The number of carbonyl (C=O) groups excluding carboxylic acids is 1. The summed E-state index contributed by atoms with van der Waals surface area (Å²) in [6, 6.07) is 8.07. The van der Waals surface area contributed by atoms with Crippen LogP contribution in [0.2, 0.25) is 0 Å². The van der Waals surface area contributed by atoms with Gasteiger partial charge in [-0.25, -0.2) is 9.97 Å². The van der Waals surface area contributed by atoms with Gasteiger partial charge in [0, 0.05) is 16.2 Å². The van der Waals surface area contributed by atoms with Crippen LogP contribution in [0, 0.1) is 13.8 Å². The number of benzene rings is 1. The summed E-state index contributed by atoms with van der Waals surface area (Å²) in [5.41, 5.74) is 9.13. The van der Waals surface area contributed by atoms with Crippen LogP contribution in [-0.2, 0) is 17.0 Å². The van der Waals surface area contributed by atoms with E-state index in [0.29, 0.717) is 11.6 Å². The van der Waals surface area contributed by atoms with Crippen LogP contribution in [0.25, 0.3) is 11.5 Å². The molecule has 2 heterocycles. The Kier molecular flexibility index (Phi) is 5.01. The molecule has 0 bridgehead atoms. The number of thioether (sulfide) groups is 1. The van der Waals surface area contributed by atoms with Crippen LogP contribution in [0.5, 0.6) is 0 Å². The summed E-state index contributed by atoms with van der Waals surface area (Å²) in [5.74, 6) is 0.950. The number of thiazole rings is 1. The second kappa shape index (κ2) is 7.19. The van der Waals surface area contributed by atoms with Gasteiger partial charge in [-0.2, -0.15) is 0 Å². The van der Waals surface area contributed by atoms with Crippen molar-refractivity contribution in [1.29, 1.82) is 0 Å². The Balaban J connectivity index is 1.65. The van der Waals surface area contributed by atoms with Crippen molar-refractivity contribution in [3.63, 3.8) is 0 Å². The second-order valence-corrected chi connectivity index (χ2v) is 7.74. The van der Waals surface area contributed by atoms with Gasteiger partial charge in [0.2, 0.25) is 11.8 Å². The maximum atomic E-state index is 11.0. The smallest absolute Gasteiger partial charge is 0.226 e. The molecule has 0 radical (unpaired) electrons. The van der Waals surface area contributed by atoms with E-state index in [0.717, 1.165) is 26.2 Å².